The van der Waals surface area contributed by atoms with E-state index in [1.807, 2.05) is 42.2 Å². The van der Waals surface area contributed by atoms with Gasteiger partial charge in [0, 0.05) is 24.6 Å². The molecule has 0 spiro atoms. The number of fused-ring (bicyclic) bond motifs is 1. The first-order valence-corrected chi connectivity index (χ1v) is 11.6. The van der Waals surface area contributed by atoms with Gasteiger partial charge in [-0.3, -0.25) is 4.79 Å². The summed E-state index contributed by atoms with van der Waals surface area (Å²) in [5.41, 5.74) is 1.69. The molecule has 1 aromatic heterocycles. The van der Waals surface area contributed by atoms with Crippen molar-refractivity contribution in [1.29, 1.82) is 0 Å². The molecule has 2 aromatic carbocycles. The van der Waals surface area contributed by atoms with Gasteiger partial charge in [0.15, 0.2) is 11.5 Å². The Hall–Kier alpha value is -2.60. The number of hydrogen-bond acceptors (Lipinski definition) is 5. The third kappa shape index (κ3) is 4.43. The fourth-order valence-electron chi connectivity index (χ4n) is 3.85. The van der Waals surface area contributed by atoms with E-state index in [4.69, 9.17) is 14.5 Å². The lowest BCUT2D eigenvalue weighted by molar-refractivity contribution is 0.0706. The fraction of sp³-hybridized carbons (Fsp3) is 0.417. The first-order chi connectivity index (χ1) is 14.7. The second-order valence-electron chi connectivity index (χ2n) is 7.55. The number of para-hydroxylation sites is 1. The number of hydrogen-bond donors (Lipinski definition) is 0. The molecule has 0 unspecified atom stereocenters. The maximum absolute atomic E-state index is 13.2. The molecule has 1 atom stereocenters. The van der Waals surface area contributed by atoms with Crippen LogP contribution in [0.4, 0.5) is 0 Å². The van der Waals surface area contributed by atoms with E-state index in [-0.39, 0.29) is 5.91 Å². The average Bonchev–Trinajstić information content (AvgIpc) is 3.22. The zero-order valence-electron chi connectivity index (χ0n) is 17.6. The fourth-order valence-corrected chi connectivity index (χ4v) is 4.94. The number of piperidine rings is 1. The third-order valence-corrected chi connectivity index (χ3v) is 6.52. The minimum absolute atomic E-state index is 0.0452. The third-order valence-electron chi connectivity index (χ3n) is 5.32. The highest BCUT2D eigenvalue weighted by molar-refractivity contribution is 7.18. The lowest BCUT2D eigenvalue weighted by Crippen LogP contribution is -2.39. The van der Waals surface area contributed by atoms with Gasteiger partial charge in [0.05, 0.1) is 28.4 Å². The van der Waals surface area contributed by atoms with Crippen molar-refractivity contribution in [2.45, 2.75) is 39.0 Å². The van der Waals surface area contributed by atoms with Gasteiger partial charge in [-0.1, -0.05) is 19.1 Å². The molecule has 1 fully saturated rings. The summed E-state index contributed by atoms with van der Waals surface area (Å²) in [7, 11) is 0. The van der Waals surface area contributed by atoms with Gasteiger partial charge in [0.1, 0.15) is 0 Å². The highest BCUT2D eigenvalue weighted by Crippen LogP contribution is 2.34. The Morgan fingerprint density at radius 2 is 2.03 bits per heavy atom. The summed E-state index contributed by atoms with van der Waals surface area (Å²) in [4.78, 5) is 20.0. The molecule has 5 nitrogen and oxygen atoms in total. The van der Waals surface area contributed by atoms with Crippen LogP contribution in [-0.4, -0.2) is 42.1 Å². The van der Waals surface area contributed by atoms with Crippen LogP contribution >= 0.6 is 11.3 Å². The molecule has 3 aromatic rings. The normalized spacial score (nSPS) is 16.6. The lowest BCUT2D eigenvalue weighted by atomic mass is 9.98. The van der Waals surface area contributed by atoms with Crippen molar-refractivity contribution in [2.75, 3.05) is 26.3 Å². The number of carbonyl (C=O) groups is 1. The number of amides is 1. The van der Waals surface area contributed by atoms with E-state index >= 15 is 0 Å². The molecule has 6 heteroatoms. The molecule has 0 saturated carbocycles. The number of thiazole rings is 1. The molecule has 1 saturated heterocycles. The van der Waals surface area contributed by atoms with Crippen LogP contribution in [0.2, 0.25) is 0 Å². The van der Waals surface area contributed by atoms with E-state index in [9.17, 15) is 4.79 Å². The van der Waals surface area contributed by atoms with Crippen molar-refractivity contribution < 1.29 is 14.3 Å². The molecule has 0 aliphatic carbocycles. The Labute approximate surface area is 181 Å². The van der Waals surface area contributed by atoms with Crippen molar-refractivity contribution in [3.63, 3.8) is 0 Å². The summed E-state index contributed by atoms with van der Waals surface area (Å²) in [6.45, 7) is 6.64. The van der Waals surface area contributed by atoms with Gasteiger partial charge in [0.2, 0.25) is 0 Å². The van der Waals surface area contributed by atoms with Gasteiger partial charge in [-0.2, -0.15) is 0 Å². The Balaban J connectivity index is 1.51. The topological polar surface area (TPSA) is 51.7 Å². The Morgan fingerprint density at radius 1 is 1.17 bits per heavy atom. The largest absolute Gasteiger partial charge is 0.490 e. The van der Waals surface area contributed by atoms with Crippen molar-refractivity contribution in [2.24, 2.45) is 0 Å². The van der Waals surface area contributed by atoms with Gasteiger partial charge >= 0.3 is 0 Å². The first kappa shape index (κ1) is 20.7. The summed E-state index contributed by atoms with van der Waals surface area (Å²) in [6, 6.07) is 13.7. The maximum Gasteiger partial charge on any atom is 0.254 e. The van der Waals surface area contributed by atoms with Gasteiger partial charge in [0.25, 0.3) is 5.91 Å². The summed E-state index contributed by atoms with van der Waals surface area (Å²) in [6.07, 6.45) is 2.98. The molecule has 0 N–H and O–H groups in total. The lowest BCUT2D eigenvalue weighted by Gasteiger charge is -2.32. The molecule has 30 heavy (non-hydrogen) atoms. The quantitative estimate of drug-likeness (QED) is 0.502. The highest BCUT2D eigenvalue weighted by atomic mass is 32.1. The zero-order chi connectivity index (χ0) is 20.9. The number of ether oxygens (including phenoxy) is 2. The minimum Gasteiger partial charge on any atom is -0.490 e. The van der Waals surface area contributed by atoms with Crippen LogP contribution in [0.3, 0.4) is 0 Å². The van der Waals surface area contributed by atoms with Crippen molar-refractivity contribution >= 4 is 27.5 Å². The van der Waals surface area contributed by atoms with Gasteiger partial charge in [-0.25, -0.2) is 4.98 Å². The SMILES string of the molecule is CCCOc1ccc(C(=O)N2CCC[C@@H](c3nc4ccccc4s3)C2)cc1OCC. The van der Waals surface area contributed by atoms with E-state index in [1.165, 1.54) is 4.70 Å². The van der Waals surface area contributed by atoms with Crippen molar-refractivity contribution in [3.05, 3.63) is 53.0 Å². The molecular formula is C24H28N2O3S. The number of nitrogens with zero attached hydrogens (tertiary/aromatic N) is 2. The van der Waals surface area contributed by atoms with E-state index < -0.39 is 0 Å². The van der Waals surface area contributed by atoms with Gasteiger partial charge in [-0.15, -0.1) is 11.3 Å². The highest BCUT2D eigenvalue weighted by Gasteiger charge is 2.28. The van der Waals surface area contributed by atoms with Crippen LogP contribution in [0, 0.1) is 0 Å². The van der Waals surface area contributed by atoms with Crippen LogP contribution in [0.25, 0.3) is 10.2 Å². The van der Waals surface area contributed by atoms with Gasteiger partial charge < -0.3 is 14.4 Å². The monoisotopic (exact) mass is 424 g/mol. The first-order valence-electron chi connectivity index (χ1n) is 10.7. The number of likely N-dealkylation sites (tertiary alicyclic amines) is 1. The van der Waals surface area contributed by atoms with Crippen molar-refractivity contribution in [3.8, 4) is 11.5 Å². The molecular weight excluding hydrogens is 396 g/mol. The minimum atomic E-state index is 0.0452. The molecule has 158 valence electrons. The molecule has 4 rings (SSSR count). The van der Waals surface area contributed by atoms with E-state index in [0.717, 1.165) is 36.3 Å². The number of aromatic nitrogens is 1. The molecule has 0 bridgehead atoms. The summed E-state index contributed by atoms with van der Waals surface area (Å²) in [5, 5.41) is 1.13. The molecule has 0 radical (unpaired) electrons. The molecule has 2 heterocycles. The Kier molecular flexibility index (Phi) is 6.53. The standard InChI is InChI=1S/C24H28N2O3S/c1-3-14-29-20-12-11-17(15-21(20)28-4-2)24(27)26-13-7-8-18(16-26)23-25-19-9-5-6-10-22(19)30-23/h5-6,9-12,15,18H,3-4,7-8,13-14,16H2,1-2H3/t18-/m1/s1. The maximum atomic E-state index is 13.2. The average molecular weight is 425 g/mol. The van der Waals surface area contributed by atoms with Crippen LogP contribution in [0.15, 0.2) is 42.5 Å². The summed E-state index contributed by atoms with van der Waals surface area (Å²) in [5.74, 6) is 1.67. The second-order valence-corrected chi connectivity index (χ2v) is 8.62. The van der Waals surface area contributed by atoms with Crippen molar-refractivity contribution in [1.82, 2.24) is 9.88 Å². The predicted octanol–water partition coefficient (Wildman–Crippen LogP) is 5.50. The predicted molar refractivity (Wildman–Crippen MR) is 121 cm³/mol. The number of rotatable bonds is 7. The molecule has 1 amide bonds. The smallest absolute Gasteiger partial charge is 0.254 e. The van der Waals surface area contributed by atoms with Crippen LogP contribution in [-0.2, 0) is 0 Å². The Bertz CT molecular complexity index is 984. The molecule has 1 aliphatic heterocycles. The van der Waals surface area contributed by atoms with E-state index in [0.29, 0.717) is 42.7 Å². The second kappa shape index (κ2) is 9.47. The van der Waals surface area contributed by atoms with E-state index in [2.05, 4.69) is 19.1 Å². The van der Waals surface area contributed by atoms with Crippen LogP contribution in [0.5, 0.6) is 11.5 Å². The van der Waals surface area contributed by atoms with Crippen LogP contribution in [0.1, 0.15) is 54.4 Å². The number of carbonyl (C=O) groups excluding carboxylic acids is 1. The number of benzene rings is 2. The Morgan fingerprint density at radius 3 is 2.83 bits per heavy atom. The summed E-state index contributed by atoms with van der Waals surface area (Å²) < 4.78 is 12.7. The van der Waals surface area contributed by atoms with Crippen LogP contribution < -0.4 is 9.47 Å². The van der Waals surface area contributed by atoms with Gasteiger partial charge in [-0.05, 0) is 56.5 Å². The zero-order valence-corrected chi connectivity index (χ0v) is 18.4. The van der Waals surface area contributed by atoms with E-state index in [1.54, 1.807) is 11.3 Å². The summed E-state index contributed by atoms with van der Waals surface area (Å²) >= 11 is 1.75. The molecule has 1 aliphatic rings.